The van der Waals surface area contributed by atoms with Crippen LogP contribution in [0.25, 0.3) is 21.7 Å². The molecule has 4 aliphatic rings. The number of aromatic nitrogens is 2. The minimum absolute atomic E-state index is 0.0165. The normalized spacial score (nSPS) is 24.4. The number of aromatic hydroxyl groups is 1. The number of nitrogens with zero attached hydrogens (tertiary/aromatic N) is 4. The molecular formula is C28H20F2N4O3S. The summed E-state index contributed by atoms with van der Waals surface area (Å²) in [6.07, 6.45) is 3.68. The van der Waals surface area contributed by atoms with Crippen molar-refractivity contribution in [2.45, 2.75) is 37.5 Å². The van der Waals surface area contributed by atoms with Gasteiger partial charge in [0.05, 0.1) is 22.1 Å². The van der Waals surface area contributed by atoms with E-state index in [4.69, 9.17) is 0 Å². The molecule has 1 amide bonds. The molecule has 2 aromatic carbocycles. The maximum absolute atomic E-state index is 15.7. The van der Waals surface area contributed by atoms with Crippen molar-refractivity contribution in [2.24, 2.45) is 5.92 Å². The van der Waals surface area contributed by atoms with Gasteiger partial charge in [0.1, 0.15) is 6.17 Å². The maximum atomic E-state index is 15.7. The van der Waals surface area contributed by atoms with Crippen molar-refractivity contribution in [1.82, 2.24) is 14.6 Å². The Hall–Kier alpha value is -4.05. The highest BCUT2D eigenvalue weighted by Crippen LogP contribution is 2.53. The summed E-state index contributed by atoms with van der Waals surface area (Å²) in [6.45, 7) is 0. The number of amides is 1. The van der Waals surface area contributed by atoms with Crippen molar-refractivity contribution in [3.8, 4) is 27.4 Å². The lowest BCUT2D eigenvalue weighted by atomic mass is 9.91. The van der Waals surface area contributed by atoms with Crippen molar-refractivity contribution >= 4 is 17.2 Å². The van der Waals surface area contributed by atoms with Gasteiger partial charge in [0, 0.05) is 29.8 Å². The van der Waals surface area contributed by atoms with Gasteiger partial charge in [-0.05, 0) is 42.0 Å². The Kier molecular flexibility index (Phi) is 4.34. The number of hydrogen-bond donors (Lipinski definition) is 1. The monoisotopic (exact) mass is 530 g/mol. The molecule has 4 aromatic rings. The van der Waals surface area contributed by atoms with E-state index < -0.39 is 35.0 Å². The van der Waals surface area contributed by atoms with Gasteiger partial charge in [-0.3, -0.25) is 19.3 Å². The van der Waals surface area contributed by atoms with E-state index in [2.05, 4.69) is 4.98 Å². The molecular weight excluding hydrogens is 510 g/mol. The van der Waals surface area contributed by atoms with E-state index in [1.807, 2.05) is 29.3 Å². The Labute approximate surface area is 219 Å². The summed E-state index contributed by atoms with van der Waals surface area (Å²) in [5, 5.41) is 12.8. The number of thiazole rings is 1. The Morgan fingerprint density at radius 3 is 2.74 bits per heavy atom. The lowest BCUT2D eigenvalue weighted by Gasteiger charge is -2.51. The Morgan fingerprint density at radius 2 is 1.87 bits per heavy atom. The molecule has 1 N–H and O–H groups in total. The van der Waals surface area contributed by atoms with Gasteiger partial charge >= 0.3 is 0 Å². The molecule has 190 valence electrons. The van der Waals surface area contributed by atoms with Crippen molar-refractivity contribution < 1.29 is 18.7 Å². The average molecular weight is 531 g/mol. The van der Waals surface area contributed by atoms with Crippen molar-refractivity contribution in [1.29, 1.82) is 0 Å². The molecule has 1 saturated carbocycles. The molecule has 4 atom stereocenters. The number of benzene rings is 2. The molecule has 2 aliphatic heterocycles. The molecule has 2 bridgehead atoms. The second-order valence-corrected chi connectivity index (χ2v) is 11.2. The number of hydrogen-bond acceptors (Lipinski definition) is 6. The summed E-state index contributed by atoms with van der Waals surface area (Å²) >= 11 is 1.36. The van der Waals surface area contributed by atoms with Crippen molar-refractivity contribution in [2.75, 3.05) is 5.01 Å². The molecule has 10 heteroatoms. The van der Waals surface area contributed by atoms with Crippen LogP contribution in [0.2, 0.25) is 0 Å². The third kappa shape index (κ3) is 2.63. The standard InChI is InChI=1S/C28H20F2N4O3S/c29-18-8-7-17-20(21(18)30)22-26(38-12-31-22)16-4-2-1-3-15(16)23(17)34-27-13-5-6-14(11-13)33(27)28(37)24-25(36)19(35)9-10-32(24)34/h1-4,7-10,12-14,23,27,36H,5-6,11H2/t13?,14?,23-,27?/m1/s1. The van der Waals surface area contributed by atoms with Gasteiger partial charge in [-0.2, -0.15) is 0 Å². The molecule has 2 fully saturated rings. The minimum Gasteiger partial charge on any atom is -0.502 e. The number of halogens is 2. The highest BCUT2D eigenvalue weighted by atomic mass is 32.1. The van der Waals surface area contributed by atoms with Crippen LogP contribution >= 0.6 is 11.3 Å². The Bertz CT molecular complexity index is 1750. The lowest BCUT2D eigenvalue weighted by molar-refractivity contribution is 0.0439. The van der Waals surface area contributed by atoms with Crippen molar-refractivity contribution in [3.63, 3.8) is 0 Å². The van der Waals surface area contributed by atoms with E-state index in [9.17, 15) is 19.1 Å². The molecule has 3 unspecified atom stereocenters. The highest BCUT2D eigenvalue weighted by molar-refractivity contribution is 7.13. The van der Waals surface area contributed by atoms with E-state index in [1.54, 1.807) is 21.2 Å². The summed E-state index contributed by atoms with van der Waals surface area (Å²) in [5.74, 6) is -2.80. The maximum Gasteiger partial charge on any atom is 0.278 e. The first-order valence-electron chi connectivity index (χ1n) is 12.5. The van der Waals surface area contributed by atoms with E-state index in [0.29, 0.717) is 11.3 Å². The molecule has 1 saturated heterocycles. The highest BCUT2D eigenvalue weighted by Gasteiger charge is 2.56. The van der Waals surface area contributed by atoms with Gasteiger partial charge in [0.15, 0.2) is 23.1 Å². The third-order valence-corrected chi connectivity index (χ3v) is 9.41. The third-order valence-electron chi connectivity index (χ3n) is 8.55. The summed E-state index contributed by atoms with van der Waals surface area (Å²) in [4.78, 5) is 33.2. The second kappa shape index (κ2) is 7.50. The first-order chi connectivity index (χ1) is 18.5. The molecule has 8 rings (SSSR count). The van der Waals surface area contributed by atoms with E-state index in [0.717, 1.165) is 41.3 Å². The predicted octanol–water partition coefficient (Wildman–Crippen LogP) is 4.63. The molecule has 2 aromatic heterocycles. The number of carbonyl (C=O) groups excluding carboxylic acids is 1. The first kappa shape index (κ1) is 22.0. The summed E-state index contributed by atoms with van der Waals surface area (Å²) in [6, 6.07) is 10.9. The zero-order valence-corrected chi connectivity index (χ0v) is 20.7. The lowest BCUT2D eigenvalue weighted by Crippen LogP contribution is -2.64. The van der Waals surface area contributed by atoms with Gasteiger partial charge in [0.2, 0.25) is 5.43 Å². The number of carbonyl (C=O) groups is 1. The molecule has 2 aliphatic carbocycles. The zero-order chi connectivity index (χ0) is 25.9. The summed E-state index contributed by atoms with van der Waals surface area (Å²) in [5.41, 5.74) is 3.51. The van der Waals surface area contributed by atoms with Gasteiger partial charge in [-0.1, -0.05) is 30.3 Å². The van der Waals surface area contributed by atoms with Crippen molar-refractivity contribution in [3.05, 3.63) is 92.9 Å². The number of rotatable bonds is 1. The van der Waals surface area contributed by atoms with Gasteiger partial charge in [-0.25, -0.2) is 13.8 Å². The van der Waals surface area contributed by atoms with E-state index in [-0.39, 0.29) is 29.1 Å². The number of pyridine rings is 1. The summed E-state index contributed by atoms with van der Waals surface area (Å²) < 4.78 is 32.0. The van der Waals surface area contributed by atoms with E-state index >= 15 is 4.39 Å². The largest absolute Gasteiger partial charge is 0.502 e. The van der Waals surface area contributed by atoms with E-state index in [1.165, 1.54) is 23.6 Å². The first-order valence-corrected chi connectivity index (χ1v) is 13.4. The molecule has 38 heavy (non-hydrogen) atoms. The Morgan fingerprint density at radius 1 is 1.03 bits per heavy atom. The number of fused-ring (bicyclic) bond motifs is 11. The van der Waals surface area contributed by atoms with Crippen LogP contribution in [0, 0.1) is 17.6 Å². The molecule has 4 heterocycles. The molecule has 7 nitrogen and oxygen atoms in total. The smallest absolute Gasteiger partial charge is 0.278 e. The van der Waals surface area contributed by atoms with Crippen LogP contribution in [-0.4, -0.2) is 37.8 Å². The van der Waals surface area contributed by atoms with Crippen LogP contribution in [0.4, 0.5) is 8.78 Å². The summed E-state index contributed by atoms with van der Waals surface area (Å²) in [7, 11) is 0. The van der Waals surface area contributed by atoms with Crippen LogP contribution in [0.1, 0.15) is 46.9 Å². The second-order valence-electron chi connectivity index (χ2n) is 10.3. The van der Waals surface area contributed by atoms with Gasteiger partial charge in [0.25, 0.3) is 5.91 Å². The average Bonchev–Trinajstić information content (AvgIpc) is 3.66. The Balaban J connectivity index is 1.49. The predicted molar refractivity (Wildman–Crippen MR) is 136 cm³/mol. The minimum atomic E-state index is -0.978. The van der Waals surface area contributed by atoms with Gasteiger partial charge in [-0.15, -0.1) is 11.3 Å². The van der Waals surface area contributed by atoms with Crippen LogP contribution in [-0.2, 0) is 0 Å². The van der Waals surface area contributed by atoms with Crippen LogP contribution in [0.3, 0.4) is 0 Å². The fourth-order valence-corrected chi connectivity index (χ4v) is 7.91. The SMILES string of the molecule is O=C1c2c(O)c(=O)ccn2N([C@@H]2c3ccccc3-c3scnc3-c3c2ccc(F)c3F)C2C3CCC(C3)N12. The van der Waals surface area contributed by atoms with Crippen LogP contribution in [0.15, 0.2) is 59.0 Å². The van der Waals surface area contributed by atoms with Gasteiger partial charge < -0.3 is 10.0 Å². The quantitative estimate of drug-likeness (QED) is 0.388. The molecule has 0 radical (unpaired) electrons. The molecule has 0 spiro atoms. The fraction of sp³-hybridized carbons (Fsp3) is 0.250. The number of piperidine rings is 1. The zero-order valence-electron chi connectivity index (χ0n) is 19.8. The topological polar surface area (TPSA) is 78.7 Å². The fourth-order valence-electron chi connectivity index (χ4n) is 7.07. The van der Waals surface area contributed by atoms with Crippen LogP contribution < -0.4 is 10.4 Å². The van der Waals surface area contributed by atoms with Crippen LogP contribution in [0.5, 0.6) is 5.75 Å².